The van der Waals surface area contributed by atoms with Crippen LogP contribution in [0.1, 0.15) is 6.92 Å². The van der Waals surface area contributed by atoms with Crippen molar-refractivity contribution >= 4 is 11.9 Å². The van der Waals surface area contributed by atoms with E-state index in [-0.39, 0.29) is 18.1 Å². The monoisotopic (exact) mass is 183 g/mol. The van der Waals surface area contributed by atoms with E-state index in [1.165, 1.54) is 25.1 Å². The van der Waals surface area contributed by atoms with Crippen LogP contribution in [0.15, 0.2) is 24.9 Å². The van der Waals surface area contributed by atoms with Crippen molar-refractivity contribution in [2.75, 3.05) is 13.7 Å². The third-order valence-electron chi connectivity index (χ3n) is 1.34. The van der Waals surface area contributed by atoms with Gasteiger partial charge in [-0.2, -0.15) is 0 Å². The number of hydrogen-bond donors (Lipinski definition) is 0. The van der Waals surface area contributed by atoms with Crippen molar-refractivity contribution in [3.05, 3.63) is 24.9 Å². The van der Waals surface area contributed by atoms with Crippen molar-refractivity contribution in [2.45, 2.75) is 6.92 Å². The van der Waals surface area contributed by atoms with Gasteiger partial charge in [0.15, 0.2) is 6.61 Å². The molecule has 0 heterocycles. The summed E-state index contributed by atoms with van der Waals surface area (Å²) in [4.78, 5) is 23.1. The predicted octanol–water partition coefficient (Wildman–Crippen LogP) is 0.708. The van der Waals surface area contributed by atoms with Gasteiger partial charge in [-0.3, -0.25) is 4.79 Å². The molecule has 0 atom stereocenters. The van der Waals surface area contributed by atoms with E-state index in [1.54, 1.807) is 0 Å². The van der Waals surface area contributed by atoms with Crippen molar-refractivity contribution in [1.82, 2.24) is 4.90 Å². The lowest BCUT2D eigenvalue weighted by Gasteiger charge is -2.10. The van der Waals surface area contributed by atoms with E-state index in [0.29, 0.717) is 0 Å². The summed E-state index contributed by atoms with van der Waals surface area (Å²) in [5.41, 5.74) is 0.272. The van der Waals surface area contributed by atoms with Gasteiger partial charge in [-0.25, -0.2) is 4.79 Å². The first-order chi connectivity index (χ1) is 5.99. The van der Waals surface area contributed by atoms with Crippen LogP contribution >= 0.6 is 0 Å². The Hall–Kier alpha value is -1.58. The highest BCUT2D eigenvalue weighted by atomic mass is 16.5. The van der Waals surface area contributed by atoms with Crippen molar-refractivity contribution in [2.24, 2.45) is 0 Å². The number of rotatable bonds is 4. The fourth-order valence-corrected chi connectivity index (χ4v) is 0.454. The van der Waals surface area contributed by atoms with E-state index >= 15 is 0 Å². The summed E-state index contributed by atoms with van der Waals surface area (Å²) in [6.07, 6.45) is 1.34. The third kappa shape index (κ3) is 4.10. The molecule has 4 nitrogen and oxygen atoms in total. The fraction of sp³-hybridized carbons (Fsp3) is 0.333. The molecule has 72 valence electrons. The first kappa shape index (κ1) is 11.4. The van der Waals surface area contributed by atoms with Gasteiger partial charge in [-0.05, 0) is 13.1 Å². The van der Waals surface area contributed by atoms with Gasteiger partial charge in [0.2, 0.25) is 0 Å². The van der Waals surface area contributed by atoms with E-state index in [1.807, 2.05) is 0 Å². The molecule has 0 aromatic rings. The van der Waals surface area contributed by atoms with Gasteiger partial charge < -0.3 is 9.64 Å². The van der Waals surface area contributed by atoms with Crippen LogP contribution < -0.4 is 0 Å². The molecule has 0 rings (SSSR count). The minimum atomic E-state index is -0.564. The molecule has 0 fully saturated rings. The van der Waals surface area contributed by atoms with Crippen LogP contribution in [0.4, 0.5) is 0 Å². The molecule has 4 heteroatoms. The minimum absolute atomic E-state index is 0.272. The lowest BCUT2D eigenvalue weighted by Crippen LogP contribution is -2.26. The second-order valence-electron chi connectivity index (χ2n) is 2.54. The molecule has 0 aliphatic carbocycles. The zero-order valence-corrected chi connectivity index (χ0v) is 7.87. The maximum atomic E-state index is 11.0. The number of hydrogen-bond acceptors (Lipinski definition) is 3. The molecule has 0 aromatic carbocycles. The van der Waals surface area contributed by atoms with Crippen molar-refractivity contribution < 1.29 is 14.3 Å². The molecule has 0 aliphatic rings. The van der Waals surface area contributed by atoms with Gasteiger partial charge in [0, 0.05) is 12.6 Å². The molecular weight excluding hydrogens is 170 g/mol. The number of esters is 1. The van der Waals surface area contributed by atoms with Gasteiger partial charge in [0.1, 0.15) is 0 Å². The maximum absolute atomic E-state index is 11.0. The Balaban J connectivity index is 3.90. The van der Waals surface area contributed by atoms with Crippen LogP contribution in [0.25, 0.3) is 0 Å². The highest BCUT2D eigenvalue weighted by Gasteiger charge is 2.09. The number of carbonyl (C=O) groups is 2. The second kappa shape index (κ2) is 5.13. The number of amides is 1. The topological polar surface area (TPSA) is 46.6 Å². The standard InChI is InChI=1S/C9H13NO3/c1-5-10(4)8(11)6-13-9(12)7(2)3/h5H,1-2,6H2,3-4H3. The number of ether oxygens (including phenoxy) is 1. The van der Waals surface area contributed by atoms with Crippen LogP contribution in [0.3, 0.4) is 0 Å². The molecule has 0 N–H and O–H groups in total. The Labute approximate surface area is 77.5 Å². The Morgan fingerprint density at radius 2 is 2.08 bits per heavy atom. The Morgan fingerprint density at radius 3 is 2.46 bits per heavy atom. The van der Waals surface area contributed by atoms with Gasteiger partial charge in [-0.15, -0.1) is 0 Å². The third-order valence-corrected chi connectivity index (χ3v) is 1.34. The normalized spacial score (nSPS) is 8.77. The van der Waals surface area contributed by atoms with Crippen LogP contribution in [0.5, 0.6) is 0 Å². The lowest BCUT2D eigenvalue weighted by molar-refractivity contribution is -0.147. The molecule has 1 amide bonds. The highest BCUT2D eigenvalue weighted by Crippen LogP contribution is 1.93. The quantitative estimate of drug-likeness (QED) is 0.476. The average molecular weight is 183 g/mol. The summed E-state index contributed by atoms with van der Waals surface area (Å²) in [7, 11) is 1.53. The Kier molecular flexibility index (Phi) is 4.51. The molecule has 0 aliphatic heterocycles. The van der Waals surface area contributed by atoms with Crippen LogP contribution in [0.2, 0.25) is 0 Å². The summed E-state index contributed by atoms with van der Waals surface area (Å²) in [6.45, 7) is 8.00. The summed E-state index contributed by atoms with van der Waals surface area (Å²) in [5.74, 6) is -0.893. The SMILES string of the molecule is C=CN(C)C(=O)COC(=O)C(=C)C. The number of likely N-dealkylation sites (N-methyl/N-ethyl adjacent to an activating group) is 1. The molecule has 0 saturated carbocycles. The summed E-state index contributed by atoms with van der Waals surface area (Å²) in [6, 6.07) is 0. The predicted molar refractivity (Wildman–Crippen MR) is 48.7 cm³/mol. The van der Waals surface area contributed by atoms with Crippen molar-refractivity contribution in [3.8, 4) is 0 Å². The summed E-state index contributed by atoms with van der Waals surface area (Å²) < 4.78 is 4.61. The zero-order valence-electron chi connectivity index (χ0n) is 7.87. The lowest BCUT2D eigenvalue weighted by atomic mass is 10.4. The van der Waals surface area contributed by atoms with Gasteiger partial charge in [0.25, 0.3) is 5.91 Å². The molecular formula is C9H13NO3. The van der Waals surface area contributed by atoms with Crippen molar-refractivity contribution in [1.29, 1.82) is 0 Å². The Bertz CT molecular complexity index is 245. The smallest absolute Gasteiger partial charge is 0.333 e. The van der Waals surface area contributed by atoms with Gasteiger partial charge in [0.05, 0.1) is 0 Å². The molecule has 0 unspecified atom stereocenters. The average Bonchev–Trinajstić information content (AvgIpc) is 2.11. The van der Waals surface area contributed by atoms with Crippen molar-refractivity contribution in [3.63, 3.8) is 0 Å². The van der Waals surface area contributed by atoms with E-state index < -0.39 is 5.97 Å². The number of nitrogens with zero attached hydrogens (tertiary/aromatic N) is 1. The first-order valence-corrected chi connectivity index (χ1v) is 3.70. The molecule has 0 bridgehead atoms. The first-order valence-electron chi connectivity index (χ1n) is 3.70. The molecule has 0 saturated heterocycles. The second-order valence-corrected chi connectivity index (χ2v) is 2.54. The van der Waals surface area contributed by atoms with E-state index in [2.05, 4.69) is 17.9 Å². The highest BCUT2D eigenvalue weighted by molar-refractivity contribution is 5.89. The summed E-state index contributed by atoms with van der Waals surface area (Å²) >= 11 is 0. The number of carbonyl (C=O) groups excluding carboxylic acids is 2. The largest absolute Gasteiger partial charge is 0.452 e. The molecule has 0 spiro atoms. The van der Waals surface area contributed by atoms with Gasteiger partial charge in [-0.1, -0.05) is 13.2 Å². The van der Waals surface area contributed by atoms with Crippen LogP contribution in [-0.4, -0.2) is 30.4 Å². The van der Waals surface area contributed by atoms with E-state index in [9.17, 15) is 9.59 Å². The van der Waals surface area contributed by atoms with Crippen LogP contribution in [0, 0.1) is 0 Å². The minimum Gasteiger partial charge on any atom is -0.452 e. The molecule has 0 aromatic heterocycles. The Morgan fingerprint density at radius 1 is 1.54 bits per heavy atom. The molecule has 0 radical (unpaired) electrons. The fourth-order valence-electron chi connectivity index (χ4n) is 0.454. The van der Waals surface area contributed by atoms with E-state index in [4.69, 9.17) is 0 Å². The maximum Gasteiger partial charge on any atom is 0.333 e. The van der Waals surface area contributed by atoms with Crippen LogP contribution in [-0.2, 0) is 14.3 Å². The van der Waals surface area contributed by atoms with E-state index in [0.717, 1.165) is 0 Å². The van der Waals surface area contributed by atoms with Gasteiger partial charge >= 0.3 is 5.97 Å². The molecule has 13 heavy (non-hydrogen) atoms. The summed E-state index contributed by atoms with van der Waals surface area (Å²) in [5, 5.41) is 0. The zero-order chi connectivity index (χ0) is 10.4.